The molecular formula is C64H54N6O2. The van der Waals surface area contributed by atoms with Gasteiger partial charge in [0.25, 0.3) is 0 Å². The van der Waals surface area contributed by atoms with Crippen LogP contribution in [0.3, 0.4) is 0 Å². The van der Waals surface area contributed by atoms with Crippen molar-refractivity contribution in [3.05, 3.63) is 225 Å². The van der Waals surface area contributed by atoms with Crippen molar-refractivity contribution in [2.75, 3.05) is 9.80 Å². The normalized spacial score (nSPS) is 11.8. The van der Waals surface area contributed by atoms with E-state index in [9.17, 15) is 9.90 Å². The number of hydrogen-bond acceptors (Lipinski definition) is 5. The van der Waals surface area contributed by atoms with Gasteiger partial charge in [0.2, 0.25) is 0 Å². The molecule has 6 aromatic carbocycles. The van der Waals surface area contributed by atoms with Crippen LogP contribution in [0.5, 0.6) is 0 Å². The Morgan fingerprint density at radius 1 is 0.389 bits per heavy atom. The lowest BCUT2D eigenvalue weighted by atomic mass is 9.92. The van der Waals surface area contributed by atoms with E-state index in [1.165, 1.54) is 16.7 Å². The lowest BCUT2D eigenvalue weighted by Crippen LogP contribution is -2.12. The van der Waals surface area contributed by atoms with Gasteiger partial charge in [0.1, 0.15) is 0 Å². The first-order valence-corrected chi connectivity index (χ1v) is 24.3. The highest BCUT2D eigenvalue weighted by atomic mass is 16.4. The number of carbonyl (C=O) groups is 1. The van der Waals surface area contributed by atoms with Gasteiger partial charge in [-0.1, -0.05) is 101 Å². The van der Waals surface area contributed by atoms with Gasteiger partial charge in [-0.15, -0.1) is 0 Å². The molecule has 3 N–H and O–H groups in total. The Morgan fingerprint density at radius 2 is 0.736 bits per heavy atom. The number of aryl methyl sites for hydroxylation is 7. The molecule has 0 fully saturated rings. The summed E-state index contributed by atoms with van der Waals surface area (Å²) >= 11 is 0. The fourth-order valence-corrected chi connectivity index (χ4v) is 10.2. The molecule has 8 heteroatoms. The van der Waals surface area contributed by atoms with Gasteiger partial charge in [0.15, 0.2) is 0 Å². The number of rotatable bonds is 9. The van der Waals surface area contributed by atoms with E-state index in [2.05, 4.69) is 226 Å². The summed E-state index contributed by atoms with van der Waals surface area (Å²) in [6, 6.07) is 54.6. The van der Waals surface area contributed by atoms with Crippen molar-refractivity contribution >= 4 is 86.5 Å². The van der Waals surface area contributed by atoms with Gasteiger partial charge in [-0.3, -0.25) is 0 Å². The second-order valence-electron chi connectivity index (χ2n) is 19.1. The van der Waals surface area contributed by atoms with Crippen LogP contribution >= 0.6 is 0 Å². The average molecular weight is 939 g/mol. The Bertz CT molecular complexity index is 3710. The summed E-state index contributed by atoms with van der Waals surface area (Å²) in [7, 11) is 0. The minimum absolute atomic E-state index is 0.208. The highest BCUT2D eigenvalue weighted by Crippen LogP contribution is 2.45. The van der Waals surface area contributed by atoms with Gasteiger partial charge in [-0.05, 0) is 180 Å². The van der Waals surface area contributed by atoms with Crippen LogP contribution in [0, 0.1) is 48.5 Å². The van der Waals surface area contributed by atoms with Crippen molar-refractivity contribution in [3.63, 3.8) is 0 Å². The summed E-state index contributed by atoms with van der Waals surface area (Å²) in [6.45, 7) is 14.9. The average Bonchev–Trinajstić information content (AvgIpc) is 4.23. The largest absolute Gasteiger partial charge is 0.478 e. The van der Waals surface area contributed by atoms with Gasteiger partial charge in [0, 0.05) is 44.9 Å². The molecule has 8 nitrogen and oxygen atoms in total. The Morgan fingerprint density at radius 3 is 1.14 bits per heavy atom. The SMILES string of the molecule is Cc1ccc(N(c2ccc(C)cc2)c2c3nc(c(-c4ccc(C(=O)O)cc4)c4ccc([nH]4)c(-c4c(C)cc(C)cc4C)c4nc(c(N(c5ccc(C)cc5)c5ccc(C)cc5)c5ccc2[nH]5)C=C4)C=C3)cc1. The number of nitrogens with zero attached hydrogens (tertiary/aromatic N) is 4. The summed E-state index contributed by atoms with van der Waals surface area (Å²) in [5.74, 6) is -0.983. The molecule has 11 rings (SSSR count). The number of nitrogens with one attached hydrogen (secondary N) is 2. The second-order valence-corrected chi connectivity index (χ2v) is 19.1. The molecule has 72 heavy (non-hydrogen) atoms. The Labute approximate surface area is 420 Å². The number of carboxylic acids is 1. The van der Waals surface area contributed by atoms with Crippen LogP contribution in [0.15, 0.2) is 158 Å². The molecule has 2 aliphatic heterocycles. The lowest BCUT2D eigenvalue weighted by molar-refractivity contribution is 0.0697. The first-order chi connectivity index (χ1) is 34.9. The third-order valence-corrected chi connectivity index (χ3v) is 13.7. The molecule has 9 aromatic rings. The van der Waals surface area contributed by atoms with E-state index in [0.29, 0.717) is 0 Å². The highest BCUT2D eigenvalue weighted by molar-refractivity contribution is 6.02. The molecule has 0 atom stereocenters. The smallest absolute Gasteiger partial charge is 0.335 e. The molecular weight excluding hydrogens is 885 g/mol. The first kappa shape index (κ1) is 45.4. The molecule has 3 aromatic heterocycles. The minimum atomic E-state index is -0.983. The third-order valence-electron chi connectivity index (χ3n) is 13.7. The van der Waals surface area contributed by atoms with Crippen molar-refractivity contribution < 1.29 is 9.90 Å². The summed E-state index contributed by atoms with van der Waals surface area (Å²) in [6.07, 6.45) is 8.44. The lowest BCUT2D eigenvalue weighted by Gasteiger charge is -2.27. The van der Waals surface area contributed by atoms with Gasteiger partial charge >= 0.3 is 5.97 Å². The number of aromatic nitrogens is 4. The number of fused-ring (bicyclic) bond motifs is 8. The fraction of sp³-hybridized carbons (Fsp3) is 0.109. The molecule has 0 saturated heterocycles. The number of hydrogen-bond donors (Lipinski definition) is 3. The molecule has 0 saturated carbocycles. The van der Waals surface area contributed by atoms with Gasteiger partial charge in [-0.25, -0.2) is 14.8 Å². The summed E-state index contributed by atoms with van der Waals surface area (Å²) in [5.41, 5.74) is 24.1. The molecule has 0 spiro atoms. The highest BCUT2D eigenvalue weighted by Gasteiger charge is 2.25. The zero-order chi connectivity index (χ0) is 49.8. The Balaban J connectivity index is 1.34. The predicted octanol–water partition coefficient (Wildman–Crippen LogP) is 16.8. The van der Waals surface area contributed by atoms with Crippen molar-refractivity contribution in [1.82, 2.24) is 19.9 Å². The van der Waals surface area contributed by atoms with Crippen LogP contribution < -0.4 is 9.80 Å². The molecule has 2 aliphatic rings. The maximum absolute atomic E-state index is 12.2. The monoisotopic (exact) mass is 938 g/mol. The molecule has 0 amide bonds. The summed E-state index contributed by atoms with van der Waals surface area (Å²) < 4.78 is 0. The van der Waals surface area contributed by atoms with E-state index >= 15 is 0 Å². The number of benzene rings is 6. The van der Waals surface area contributed by atoms with Crippen LogP contribution in [-0.4, -0.2) is 31.0 Å². The first-order valence-electron chi connectivity index (χ1n) is 24.3. The number of aromatic amines is 2. The van der Waals surface area contributed by atoms with E-state index < -0.39 is 5.97 Å². The standard InChI is InChI=1S/C64H54N6O2/c1-38-8-20-47(21-9-38)69(48-22-10-39(2)11-23-48)62-55-32-30-52(66-55)60(45-16-18-46(19-17-45)64(71)72)51-28-29-53(65-51)61(59-43(6)36-42(5)37-44(59)7)54-31-33-56(67-54)63(58-35-34-57(62)68-58)70(49-24-12-40(3)13-25-49)50-26-14-41(4)15-27-50/h8-37,65,68H,1-7H3,(H,71,72). The van der Waals surface area contributed by atoms with E-state index in [-0.39, 0.29) is 5.56 Å². The van der Waals surface area contributed by atoms with Crippen LogP contribution in [0.1, 0.15) is 72.1 Å². The van der Waals surface area contributed by atoms with Crippen molar-refractivity contribution in [2.24, 2.45) is 0 Å². The van der Waals surface area contributed by atoms with E-state index in [0.717, 1.165) is 123 Å². The number of carboxylic acid groups (broad SMARTS) is 1. The summed E-state index contributed by atoms with van der Waals surface area (Å²) in [4.78, 5) is 35.9. The van der Waals surface area contributed by atoms with Crippen LogP contribution in [0.4, 0.5) is 34.1 Å². The van der Waals surface area contributed by atoms with Crippen LogP contribution in [0.2, 0.25) is 0 Å². The van der Waals surface area contributed by atoms with Gasteiger partial charge in [-0.2, -0.15) is 0 Å². The van der Waals surface area contributed by atoms with Crippen molar-refractivity contribution in [2.45, 2.75) is 48.5 Å². The van der Waals surface area contributed by atoms with Gasteiger partial charge in [0.05, 0.1) is 50.7 Å². The zero-order valence-electron chi connectivity index (χ0n) is 41.5. The Hall–Kier alpha value is -9.01. The number of anilines is 6. The third kappa shape index (κ3) is 8.47. The van der Waals surface area contributed by atoms with Crippen LogP contribution in [-0.2, 0) is 0 Å². The fourth-order valence-electron chi connectivity index (χ4n) is 10.2. The summed E-state index contributed by atoms with van der Waals surface area (Å²) in [5, 5.41) is 9.96. The van der Waals surface area contributed by atoms with E-state index in [4.69, 9.17) is 9.97 Å². The molecule has 5 heterocycles. The second kappa shape index (κ2) is 18.4. The molecule has 0 unspecified atom stereocenters. The maximum Gasteiger partial charge on any atom is 0.335 e. The Kier molecular flexibility index (Phi) is 11.6. The van der Waals surface area contributed by atoms with Crippen molar-refractivity contribution in [3.8, 4) is 22.3 Å². The maximum atomic E-state index is 12.2. The van der Waals surface area contributed by atoms with E-state index in [1.807, 2.05) is 12.1 Å². The quantitative estimate of drug-likeness (QED) is 0.133. The number of aromatic carboxylic acids is 1. The molecule has 0 radical (unpaired) electrons. The topological polar surface area (TPSA) is 101 Å². The molecule has 352 valence electrons. The number of H-pyrrole nitrogens is 2. The van der Waals surface area contributed by atoms with Crippen LogP contribution in [0.25, 0.3) is 68.6 Å². The van der Waals surface area contributed by atoms with E-state index in [1.54, 1.807) is 12.1 Å². The van der Waals surface area contributed by atoms with Crippen molar-refractivity contribution in [1.29, 1.82) is 0 Å². The molecule has 8 bridgehead atoms. The molecule has 0 aliphatic carbocycles. The zero-order valence-corrected chi connectivity index (χ0v) is 41.5. The van der Waals surface area contributed by atoms with Gasteiger partial charge < -0.3 is 24.9 Å². The predicted molar refractivity (Wildman–Crippen MR) is 299 cm³/mol. The minimum Gasteiger partial charge on any atom is -0.478 e.